The molecule has 0 spiro atoms. The predicted octanol–water partition coefficient (Wildman–Crippen LogP) is 1.70. The Morgan fingerprint density at radius 2 is 2.29 bits per heavy atom. The lowest BCUT2D eigenvalue weighted by Crippen LogP contribution is -2.18. The lowest BCUT2D eigenvalue weighted by atomic mass is 10.2. The standard InChI is InChI=1S/C12H17ClN2O2/c1-15-11(16)6-3-7-17-12-9(8-14)4-2-5-10(12)13/h2,4-5H,3,6-8,14H2,1H3,(H,15,16). The Kier molecular flexibility index (Phi) is 5.80. The third-order valence-electron chi connectivity index (χ3n) is 2.34. The maximum atomic E-state index is 11.0. The van der Waals surface area contributed by atoms with Crippen molar-refractivity contribution in [2.75, 3.05) is 13.7 Å². The molecule has 0 aliphatic heterocycles. The summed E-state index contributed by atoms with van der Waals surface area (Å²) >= 11 is 6.02. The number of amides is 1. The SMILES string of the molecule is CNC(=O)CCCOc1c(Cl)cccc1CN. The number of halogens is 1. The number of nitrogens with one attached hydrogen (secondary N) is 1. The lowest BCUT2D eigenvalue weighted by molar-refractivity contribution is -0.120. The Morgan fingerprint density at radius 1 is 1.53 bits per heavy atom. The van der Waals surface area contributed by atoms with Crippen molar-refractivity contribution in [3.63, 3.8) is 0 Å². The summed E-state index contributed by atoms with van der Waals surface area (Å²) < 4.78 is 5.56. The molecule has 0 heterocycles. The molecule has 1 amide bonds. The molecular weight excluding hydrogens is 240 g/mol. The van der Waals surface area contributed by atoms with Gasteiger partial charge in [0.1, 0.15) is 5.75 Å². The molecule has 1 rings (SSSR count). The zero-order chi connectivity index (χ0) is 12.7. The number of rotatable bonds is 6. The largest absolute Gasteiger partial charge is 0.492 e. The van der Waals surface area contributed by atoms with E-state index in [2.05, 4.69) is 5.32 Å². The first kappa shape index (κ1) is 13.8. The molecule has 5 heteroatoms. The highest BCUT2D eigenvalue weighted by Crippen LogP contribution is 2.28. The summed E-state index contributed by atoms with van der Waals surface area (Å²) in [5.41, 5.74) is 6.46. The fourth-order valence-corrected chi connectivity index (χ4v) is 1.66. The number of carbonyl (C=O) groups is 1. The summed E-state index contributed by atoms with van der Waals surface area (Å²) in [4.78, 5) is 11.0. The molecule has 0 atom stereocenters. The number of nitrogens with two attached hydrogens (primary N) is 1. The number of para-hydroxylation sites is 1. The summed E-state index contributed by atoms with van der Waals surface area (Å²) in [7, 11) is 1.61. The van der Waals surface area contributed by atoms with E-state index in [1.165, 1.54) is 0 Å². The van der Waals surface area contributed by atoms with E-state index >= 15 is 0 Å². The molecule has 4 nitrogen and oxygen atoms in total. The van der Waals surface area contributed by atoms with Crippen LogP contribution in [-0.2, 0) is 11.3 Å². The minimum Gasteiger partial charge on any atom is -0.492 e. The molecule has 0 bridgehead atoms. The van der Waals surface area contributed by atoms with Crippen LogP contribution in [0.5, 0.6) is 5.75 Å². The van der Waals surface area contributed by atoms with Gasteiger partial charge in [-0.2, -0.15) is 0 Å². The summed E-state index contributed by atoms with van der Waals surface area (Å²) in [6.07, 6.45) is 1.09. The molecule has 94 valence electrons. The summed E-state index contributed by atoms with van der Waals surface area (Å²) in [5.74, 6) is 0.625. The number of carbonyl (C=O) groups excluding carboxylic acids is 1. The summed E-state index contributed by atoms with van der Waals surface area (Å²) in [6.45, 7) is 0.829. The Hall–Kier alpha value is -1.26. The van der Waals surface area contributed by atoms with Gasteiger partial charge in [0.05, 0.1) is 11.6 Å². The molecule has 0 saturated heterocycles. The summed E-state index contributed by atoms with van der Waals surface area (Å²) in [6, 6.07) is 5.47. The van der Waals surface area contributed by atoms with Crippen LogP contribution < -0.4 is 15.8 Å². The normalized spacial score (nSPS) is 10.1. The number of hydrogen-bond donors (Lipinski definition) is 2. The number of benzene rings is 1. The molecule has 0 aliphatic rings. The minimum atomic E-state index is 0.00630. The van der Waals surface area contributed by atoms with Crippen molar-refractivity contribution in [2.24, 2.45) is 5.73 Å². The molecular formula is C12H17ClN2O2. The van der Waals surface area contributed by atoms with Crippen molar-refractivity contribution in [3.8, 4) is 5.75 Å². The van der Waals surface area contributed by atoms with E-state index < -0.39 is 0 Å². The molecule has 1 aromatic rings. The average Bonchev–Trinajstić information content (AvgIpc) is 2.35. The van der Waals surface area contributed by atoms with Crippen LogP contribution >= 0.6 is 11.6 Å². The average molecular weight is 257 g/mol. The fourth-order valence-electron chi connectivity index (χ4n) is 1.41. The van der Waals surface area contributed by atoms with Crippen LogP contribution in [0.25, 0.3) is 0 Å². The van der Waals surface area contributed by atoms with Crippen molar-refractivity contribution in [1.82, 2.24) is 5.32 Å². The van der Waals surface area contributed by atoms with Crippen molar-refractivity contribution < 1.29 is 9.53 Å². The van der Waals surface area contributed by atoms with Crippen LogP contribution in [-0.4, -0.2) is 19.6 Å². The highest BCUT2D eigenvalue weighted by molar-refractivity contribution is 6.32. The van der Waals surface area contributed by atoms with Crippen molar-refractivity contribution in [1.29, 1.82) is 0 Å². The van der Waals surface area contributed by atoms with Crippen LogP contribution in [0.1, 0.15) is 18.4 Å². The van der Waals surface area contributed by atoms with Gasteiger partial charge < -0.3 is 15.8 Å². The molecule has 3 N–H and O–H groups in total. The van der Waals surface area contributed by atoms with Gasteiger partial charge in [-0.25, -0.2) is 0 Å². The van der Waals surface area contributed by atoms with Gasteiger partial charge in [0, 0.05) is 25.6 Å². The van der Waals surface area contributed by atoms with E-state index in [0.717, 1.165) is 5.56 Å². The minimum absolute atomic E-state index is 0.00630. The topological polar surface area (TPSA) is 64.3 Å². The van der Waals surface area contributed by atoms with Gasteiger partial charge in [-0.1, -0.05) is 23.7 Å². The van der Waals surface area contributed by atoms with E-state index in [1.807, 2.05) is 12.1 Å². The smallest absolute Gasteiger partial charge is 0.219 e. The van der Waals surface area contributed by atoms with Gasteiger partial charge in [0.15, 0.2) is 0 Å². The van der Waals surface area contributed by atoms with Gasteiger partial charge in [-0.15, -0.1) is 0 Å². The predicted molar refractivity (Wildman–Crippen MR) is 68.1 cm³/mol. The maximum Gasteiger partial charge on any atom is 0.219 e. The molecule has 0 aromatic heterocycles. The fraction of sp³-hybridized carbons (Fsp3) is 0.417. The van der Waals surface area contributed by atoms with Crippen LogP contribution in [0, 0.1) is 0 Å². The number of hydrogen-bond acceptors (Lipinski definition) is 3. The van der Waals surface area contributed by atoms with E-state index in [9.17, 15) is 4.79 Å². The zero-order valence-electron chi connectivity index (χ0n) is 9.83. The van der Waals surface area contributed by atoms with Gasteiger partial charge in [-0.3, -0.25) is 4.79 Å². The first-order valence-corrected chi connectivity index (χ1v) is 5.87. The molecule has 1 aromatic carbocycles. The second kappa shape index (κ2) is 7.14. The Labute approximate surface area is 106 Å². The van der Waals surface area contributed by atoms with E-state index in [-0.39, 0.29) is 5.91 Å². The van der Waals surface area contributed by atoms with Crippen molar-refractivity contribution >= 4 is 17.5 Å². The molecule has 0 saturated carbocycles. The highest BCUT2D eigenvalue weighted by Gasteiger charge is 2.07. The Morgan fingerprint density at radius 3 is 2.94 bits per heavy atom. The Balaban J connectivity index is 2.48. The van der Waals surface area contributed by atoms with Gasteiger partial charge in [0.2, 0.25) is 5.91 Å². The first-order valence-electron chi connectivity index (χ1n) is 5.50. The van der Waals surface area contributed by atoms with Crippen molar-refractivity contribution in [2.45, 2.75) is 19.4 Å². The summed E-state index contributed by atoms with van der Waals surface area (Å²) in [5, 5.41) is 3.11. The van der Waals surface area contributed by atoms with Crippen LogP contribution in [0.3, 0.4) is 0 Å². The van der Waals surface area contributed by atoms with Gasteiger partial charge in [-0.05, 0) is 12.5 Å². The van der Waals surface area contributed by atoms with Crippen LogP contribution in [0.4, 0.5) is 0 Å². The third-order valence-corrected chi connectivity index (χ3v) is 2.64. The van der Waals surface area contributed by atoms with E-state index in [1.54, 1.807) is 13.1 Å². The molecule has 17 heavy (non-hydrogen) atoms. The number of ether oxygens (including phenoxy) is 1. The molecule has 0 fully saturated rings. The van der Waals surface area contributed by atoms with Crippen molar-refractivity contribution in [3.05, 3.63) is 28.8 Å². The van der Waals surface area contributed by atoms with Crippen LogP contribution in [0.15, 0.2) is 18.2 Å². The first-order chi connectivity index (χ1) is 8.19. The molecule has 0 aliphatic carbocycles. The monoisotopic (exact) mass is 256 g/mol. The third kappa shape index (κ3) is 4.24. The highest BCUT2D eigenvalue weighted by atomic mass is 35.5. The van der Waals surface area contributed by atoms with E-state index in [0.29, 0.717) is 36.8 Å². The second-order valence-electron chi connectivity index (χ2n) is 3.56. The molecule has 0 radical (unpaired) electrons. The maximum absolute atomic E-state index is 11.0. The lowest BCUT2D eigenvalue weighted by Gasteiger charge is -2.11. The van der Waals surface area contributed by atoms with Gasteiger partial charge in [0.25, 0.3) is 0 Å². The van der Waals surface area contributed by atoms with Crippen LogP contribution in [0.2, 0.25) is 5.02 Å². The second-order valence-corrected chi connectivity index (χ2v) is 3.96. The van der Waals surface area contributed by atoms with E-state index in [4.69, 9.17) is 22.1 Å². The van der Waals surface area contributed by atoms with Gasteiger partial charge >= 0.3 is 0 Å². The zero-order valence-corrected chi connectivity index (χ0v) is 10.6. The Bertz CT molecular complexity index is 383. The molecule has 0 unspecified atom stereocenters. The quantitative estimate of drug-likeness (QED) is 0.762.